The van der Waals surface area contributed by atoms with Crippen LogP contribution in [0.4, 0.5) is 11.4 Å². The number of esters is 1. The van der Waals surface area contributed by atoms with Crippen LogP contribution in [-0.4, -0.2) is 12.1 Å². The number of nitrogens with two attached hydrogens (primary N) is 2. The topological polar surface area (TPSA) is 78.3 Å². The molecule has 4 N–H and O–H groups in total. The van der Waals surface area contributed by atoms with Crippen molar-refractivity contribution in [3.63, 3.8) is 0 Å². The molecule has 38 heavy (non-hydrogen) atoms. The van der Waals surface area contributed by atoms with Crippen molar-refractivity contribution >= 4 is 17.3 Å². The Morgan fingerprint density at radius 2 is 1.76 bits per heavy atom. The minimum Gasteiger partial charge on any atom is -0.458 e. The lowest BCUT2D eigenvalue weighted by molar-refractivity contribution is 0.0191. The molecule has 0 aliphatic heterocycles. The Labute approximate surface area is 230 Å². The molecule has 208 valence electrons. The summed E-state index contributed by atoms with van der Waals surface area (Å²) in [4.78, 5) is 12.9. The number of fused-ring (bicyclic) bond motifs is 4. The van der Waals surface area contributed by atoms with Crippen LogP contribution < -0.4 is 11.5 Å². The number of nitrogen functional groups attached to an aromatic ring is 2. The number of ether oxygens (including phenoxy) is 1. The Morgan fingerprint density at radius 3 is 2.47 bits per heavy atom. The van der Waals surface area contributed by atoms with Crippen molar-refractivity contribution in [1.82, 2.24) is 0 Å². The molecule has 0 aromatic heterocycles. The normalized spacial score (nSPS) is 33.3. The third-order valence-electron chi connectivity index (χ3n) is 11.1. The summed E-state index contributed by atoms with van der Waals surface area (Å²) in [5.74, 6) is 2.94. The third-order valence-corrected chi connectivity index (χ3v) is 11.1. The molecule has 0 bridgehead atoms. The van der Waals surface area contributed by atoms with E-state index in [1.807, 2.05) is 0 Å². The van der Waals surface area contributed by atoms with E-state index in [2.05, 4.69) is 40.7 Å². The van der Waals surface area contributed by atoms with Gasteiger partial charge in [0.1, 0.15) is 6.10 Å². The van der Waals surface area contributed by atoms with E-state index in [-0.39, 0.29) is 17.5 Å². The van der Waals surface area contributed by atoms with E-state index in [1.165, 1.54) is 50.5 Å². The SMILES string of the molecule is CC(C)CCC[C@@H](C)[C@H]1CC[C@H]2C3=C(CC[C@]12C)[C@@]1(C)CC[C@H](OC(=O)c2cc(N)cc(N)c2)CC1=CC3. The summed E-state index contributed by atoms with van der Waals surface area (Å²) in [6, 6.07) is 4.97. The molecule has 0 spiro atoms. The number of hydrogen-bond acceptors (Lipinski definition) is 4. The van der Waals surface area contributed by atoms with Crippen molar-refractivity contribution in [1.29, 1.82) is 0 Å². The Hall–Kier alpha value is -2.23. The quantitative estimate of drug-likeness (QED) is 0.215. The number of anilines is 2. The molecule has 1 aromatic carbocycles. The second-order valence-corrected chi connectivity index (χ2v) is 14.0. The maximum absolute atomic E-state index is 12.9. The molecule has 4 heteroatoms. The van der Waals surface area contributed by atoms with Gasteiger partial charge < -0.3 is 16.2 Å². The first-order valence-corrected chi connectivity index (χ1v) is 15.3. The smallest absolute Gasteiger partial charge is 0.338 e. The summed E-state index contributed by atoms with van der Waals surface area (Å²) < 4.78 is 5.98. The van der Waals surface area contributed by atoms with Gasteiger partial charge >= 0.3 is 5.97 Å². The highest BCUT2D eigenvalue weighted by atomic mass is 16.5. The molecule has 2 fully saturated rings. The Morgan fingerprint density at radius 1 is 1.03 bits per heavy atom. The second kappa shape index (κ2) is 10.4. The molecule has 4 aliphatic rings. The summed E-state index contributed by atoms with van der Waals surface area (Å²) in [6.07, 6.45) is 15.8. The number of carbonyl (C=O) groups is 1. The average molecular weight is 519 g/mol. The van der Waals surface area contributed by atoms with E-state index in [1.54, 1.807) is 29.3 Å². The van der Waals surface area contributed by atoms with E-state index in [0.717, 1.165) is 49.4 Å². The fourth-order valence-corrected chi connectivity index (χ4v) is 9.02. The number of allylic oxidation sites excluding steroid dienone is 3. The number of hydrogen-bond donors (Lipinski definition) is 2. The van der Waals surface area contributed by atoms with Gasteiger partial charge in [-0.15, -0.1) is 0 Å². The summed E-state index contributed by atoms with van der Waals surface area (Å²) >= 11 is 0. The Balaban J connectivity index is 1.27. The van der Waals surface area contributed by atoms with Crippen LogP contribution in [0.1, 0.15) is 116 Å². The summed E-state index contributed by atoms with van der Waals surface area (Å²) in [6.45, 7) is 12.4. The molecule has 0 heterocycles. The summed E-state index contributed by atoms with van der Waals surface area (Å²) in [5.41, 5.74) is 18.9. The van der Waals surface area contributed by atoms with Crippen molar-refractivity contribution < 1.29 is 9.53 Å². The van der Waals surface area contributed by atoms with Crippen LogP contribution >= 0.6 is 0 Å². The van der Waals surface area contributed by atoms with E-state index in [4.69, 9.17) is 16.2 Å². The Kier molecular flexibility index (Phi) is 7.48. The van der Waals surface area contributed by atoms with E-state index in [0.29, 0.717) is 22.4 Å². The lowest BCUT2D eigenvalue weighted by Gasteiger charge is -2.52. The Bertz CT molecular complexity index is 1110. The van der Waals surface area contributed by atoms with Crippen molar-refractivity contribution in [3.8, 4) is 0 Å². The van der Waals surface area contributed by atoms with Gasteiger partial charge in [0.05, 0.1) is 5.56 Å². The van der Waals surface area contributed by atoms with Gasteiger partial charge in [-0.2, -0.15) is 0 Å². The highest BCUT2D eigenvalue weighted by molar-refractivity contribution is 5.91. The van der Waals surface area contributed by atoms with Gasteiger partial charge in [0.25, 0.3) is 0 Å². The van der Waals surface area contributed by atoms with Crippen LogP contribution in [-0.2, 0) is 4.74 Å². The van der Waals surface area contributed by atoms with Crippen molar-refractivity contribution in [3.05, 3.63) is 46.6 Å². The van der Waals surface area contributed by atoms with Crippen LogP contribution in [0, 0.1) is 34.5 Å². The largest absolute Gasteiger partial charge is 0.458 e. The number of carbonyl (C=O) groups excluding carboxylic acids is 1. The van der Waals surface area contributed by atoms with Crippen LogP contribution in [0.2, 0.25) is 0 Å². The van der Waals surface area contributed by atoms with Gasteiger partial charge in [-0.1, -0.05) is 76.7 Å². The zero-order chi connectivity index (χ0) is 27.2. The minimum atomic E-state index is -0.318. The predicted molar refractivity (Wildman–Crippen MR) is 158 cm³/mol. The van der Waals surface area contributed by atoms with Crippen LogP contribution in [0.25, 0.3) is 0 Å². The average Bonchev–Trinajstić information content (AvgIpc) is 3.20. The first-order valence-electron chi connectivity index (χ1n) is 15.3. The maximum Gasteiger partial charge on any atom is 0.338 e. The van der Waals surface area contributed by atoms with Crippen molar-refractivity contribution in [2.24, 2.45) is 34.5 Å². The van der Waals surface area contributed by atoms with Crippen LogP contribution in [0.15, 0.2) is 41.0 Å². The summed E-state index contributed by atoms with van der Waals surface area (Å²) in [5, 5.41) is 0. The molecular weight excluding hydrogens is 468 g/mol. The maximum atomic E-state index is 12.9. The van der Waals surface area contributed by atoms with Crippen LogP contribution in [0.3, 0.4) is 0 Å². The molecule has 0 amide bonds. The van der Waals surface area contributed by atoms with Gasteiger partial charge in [0, 0.05) is 23.2 Å². The molecule has 6 atom stereocenters. The molecule has 0 saturated heterocycles. The van der Waals surface area contributed by atoms with Gasteiger partial charge in [0.15, 0.2) is 0 Å². The fraction of sp³-hybridized carbons (Fsp3) is 0.676. The highest BCUT2D eigenvalue weighted by Crippen LogP contribution is 2.65. The third kappa shape index (κ3) is 4.93. The number of rotatable bonds is 7. The lowest BCUT2D eigenvalue weighted by Crippen LogP contribution is -2.42. The monoisotopic (exact) mass is 518 g/mol. The number of benzene rings is 1. The van der Waals surface area contributed by atoms with Gasteiger partial charge in [0.2, 0.25) is 0 Å². The first kappa shape index (κ1) is 27.3. The molecule has 0 radical (unpaired) electrons. The van der Waals surface area contributed by atoms with E-state index < -0.39 is 0 Å². The zero-order valence-corrected chi connectivity index (χ0v) is 24.4. The molecule has 4 nitrogen and oxygen atoms in total. The lowest BCUT2D eigenvalue weighted by atomic mass is 9.53. The van der Waals surface area contributed by atoms with Gasteiger partial charge in [-0.3, -0.25) is 0 Å². The highest BCUT2D eigenvalue weighted by Gasteiger charge is 2.54. The molecule has 0 unspecified atom stereocenters. The van der Waals surface area contributed by atoms with Crippen molar-refractivity contribution in [2.75, 3.05) is 11.5 Å². The van der Waals surface area contributed by atoms with Crippen LogP contribution in [0.5, 0.6) is 0 Å². The second-order valence-electron chi connectivity index (χ2n) is 14.0. The summed E-state index contributed by atoms with van der Waals surface area (Å²) in [7, 11) is 0. The van der Waals surface area contributed by atoms with Gasteiger partial charge in [-0.05, 0) is 92.2 Å². The van der Waals surface area contributed by atoms with Gasteiger partial charge in [-0.25, -0.2) is 4.79 Å². The molecular formula is C34H50N2O2. The zero-order valence-electron chi connectivity index (χ0n) is 24.4. The standard InChI is InChI=1S/C34H50N2O2/c1-21(2)7-6-8-22(3)29-11-12-30-28-10-9-24-19-27(38-32(37)23-17-25(35)20-26(36)18-23)13-15-33(24,4)31(28)14-16-34(29,30)5/h9,17-18,20-22,27,29-30H,6-8,10-16,19,35-36H2,1-5H3/t22-,27+,29-,30+,33+,34-/m1/s1. The first-order chi connectivity index (χ1) is 18.0. The molecule has 2 saturated carbocycles. The molecule has 5 rings (SSSR count). The molecule has 4 aliphatic carbocycles. The van der Waals surface area contributed by atoms with E-state index >= 15 is 0 Å². The fourth-order valence-electron chi connectivity index (χ4n) is 9.02. The van der Waals surface area contributed by atoms with E-state index in [9.17, 15) is 4.79 Å². The minimum absolute atomic E-state index is 0.0805. The van der Waals surface area contributed by atoms with Crippen molar-refractivity contribution in [2.45, 2.75) is 111 Å². The predicted octanol–water partition coefficient (Wildman–Crippen LogP) is 8.48. The molecule has 1 aromatic rings.